The number of imidazole rings is 1. The maximum absolute atomic E-state index is 6.09. The number of aromatic nitrogens is 2. The molecule has 19 heavy (non-hydrogen) atoms. The first-order valence-corrected chi connectivity index (χ1v) is 7.17. The standard InChI is InChI=1S/C14H18ClN3O/c1-17(10-11-5-4-8-19-11)14-12(9-15)18-7-3-2-6-13(18)16-14/h2-3,6-7,11H,4-5,8-10H2,1H3. The summed E-state index contributed by atoms with van der Waals surface area (Å²) in [6, 6.07) is 5.98. The van der Waals surface area contributed by atoms with Gasteiger partial charge >= 0.3 is 0 Å². The van der Waals surface area contributed by atoms with Crippen molar-refractivity contribution < 1.29 is 4.74 Å². The number of hydrogen-bond acceptors (Lipinski definition) is 3. The molecule has 3 heterocycles. The summed E-state index contributed by atoms with van der Waals surface area (Å²) in [6.45, 7) is 1.75. The number of rotatable bonds is 4. The normalized spacial score (nSPS) is 19.2. The molecular formula is C14H18ClN3O. The van der Waals surface area contributed by atoms with Gasteiger partial charge in [0.25, 0.3) is 0 Å². The van der Waals surface area contributed by atoms with Crippen molar-refractivity contribution in [1.82, 2.24) is 9.38 Å². The van der Waals surface area contributed by atoms with Crippen LogP contribution in [0, 0.1) is 0 Å². The Bertz CT molecular complexity index is 563. The third-order valence-corrected chi connectivity index (χ3v) is 3.85. The van der Waals surface area contributed by atoms with Crippen molar-refractivity contribution in [1.29, 1.82) is 0 Å². The quantitative estimate of drug-likeness (QED) is 0.806. The summed E-state index contributed by atoms with van der Waals surface area (Å²) in [4.78, 5) is 6.83. The van der Waals surface area contributed by atoms with E-state index >= 15 is 0 Å². The van der Waals surface area contributed by atoms with Crippen LogP contribution in [0.2, 0.25) is 0 Å². The Hall–Kier alpha value is -1.26. The third kappa shape index (κ3) is 2.42. The number of likely N-dealkylation sites (N-methyl/N-ethyl adjacent to an activating group) is 1. The Morgan fingerprint density at radius 1 is 1.53 bits per heavy atom. The first-order valence-electron chi connectivity index (χ1n) is 6.64. The van der Waals surface area contributed by atoms with Crippen LogP contribution in [0.1, 0.15) is 18.5 Å². The summed E-state index contributed by atoms with van der Waals surface area (Å²) < 4.78 is 7.73. The Labute approximate surface area is 117 Å². The highest BCUT2D eigenvalue weighted by molar-refractivity contribution is 6.17. The molecule has 4 nitrogen and oxygen atoms in total. The number of pyridine rings is 1. The predicted octanol–water partition coefficient (Wildman–Crippen LogP) is 2.69. The summed E-state index contributed by atoms with van der Waals surface area (Å²) in [5.41, 5.74) is 1.98. The van der Waals surface area contributed by atoms with E-state index in [1.807, 2.05) is 28.8 Å². The Kier molecular flexibility index (Phi) is 3.62. The minimum atomic E-state index is 0.318. The molecule has 102 valence electrons. The van der Waals surface area contributed by atoms with Crippen molar-refractivity contribution in [2.24, 2.45) is 0 Å². The molecule has 0 spiro atoms. The highest BCUT2D eigenvalue weighted by atomic mass is 35.5. The van der Waals surface area contributed by atoms with Gasteiger partial charge in [0.1, 0.15) is 5.65 Å². The first-order chi connectivity index (χ1) is 9.29. The minimum absolute atomic E-state index is 0.318. The van der Waals surface area contributed by atoms with Crippen LogP contribution in [0.3, 0.4) is 0 Å². The molecule has 1 aliphatic heterocycles. The van der Waals surface area contributed by atoms with E-state index in [0.29, 0.717) is 12.0 Å². The second-order valence-electron chi connectivity index (χ2n) is 4.96. The molecule has 2 aromatic heterocycles. The zero-order chi connectivity index (χ0) is 13.2. The molecule has 3 rings (SSSR count). The van der Waals surface area contributed by atoms with E-state index in [2.05, 4.69) is 16.9 Å². The van der Waals surface area contributed by atoms with Crippen LogP contribution in [-0.2, 0) is 10.6 Å². The number of halogens is 1. The zero-order valence-electron chi connectivity index (χ0n) is 11.1. The van der Waals surface area contributed by atoms with Crippen LogP contribution >= 0.6 is 11.6 Å². The molecule has 0 N–H and O–H groups in total. The summed E-state index contributed by atoms with van der Waals surface area (Å²) in [5, 5.41) is 0. The molecule has 1 atom stereocenters. The van der Waals surface area contributed by atoms with Gasteiger partial charge in [0, 0.05) is 26.4 Å². The summed E-state index contributed by atoms with van der Waals surface area (Å²) in [7, 11) is 2.06. The van der Waals surface area contributed by atoms with Crippen LogP contribution in [0.4, 0.5) is 5.82 Å². The molecule has 1 unspecified atom stereocenters. The van der Waals surface area contributed by atoms with E-state index in [9.17, 15) is 0 Å². The number of nitrogens with zero attached hydrogens (tertiary/aromatic N) is 3. The van der Waals surface area contributed by atoms with E-state index in [1.54, 1.807) is 0 Å². The Morgan fingerprint density at radius 2 is 2.42 bits per heavy atom. The average molecular weight is 280 g/mol. The Balaban J connectivity index is 1.90. The van der Waals surface area contributed by atoms with E-state index in [1.165, 1.54) is 0 Å². The summed E-state index contributed by atoms with van der Waals surface area (Å²) in [5.74, 6) is 1.41. The van der Waals surface area contributed by atoms with Gasteiger partial charge in [0.15, 0.2) is 5.82 Å². The minimum Gasteiger partial charge on any atom is -0.376 e. The number of alkyl halides is 1. The van der Waals surface area contributed by atoms with Gasteiger partial charge in [-0.15, -0.1) is 11.6 Å². The van der Waals surface area contributed by atoms with Crippen molar-refractivity contribution >= 4 is 23.1 Å². The van der Waals surface area contributed by atoms with Gasteiger partial charge in [-0.1, -0.05) is 6.07 Å². The maximum atomic E-state index is 6.09. The van der Waals surface area contributed by atoms with E-state index in [-0.39, 0.29) is 0 Å². The summed E-state index contributed by atoms with van der Waals surface area (Å²) in [6.07, 6.45) is 4.61. The molecule has 5 heteroatoms. The van der Waals surface area contributed by atoms with Crippen LogP contribution in [0.5, 0.6) is 0 Å². The molecule has 1 aliphatic rings. The number of hydrogen-bond donors (Lipinski definition) is 0. The maximum Gasteiger partial charge on any atom is 0.152 e. The fourth-order valence-electron chi connectivity index (χ4n) is 2.64. The van der Waals surface area contributed by atoms with Crippen LogP contribution in [0.25, 0.3) is 5.65 Å². The lowest BCUT2D eigenvalue weighted by Gasteiger charge is -2.21. The molecule has 0 radical (unpaired) electrons. The first kappa shape index (κ1) is 12.8. The zero-order valence-corrected chi connectivity index (χ0v) is 11.8. The van der Waals surface area contributed by atoms with Gasteiger partial charge in [-0.25, -0.2) is 4.98 Å². The van der Waals surface area contributed by atoms with Crippen molar-refractivity contribution in [2.75, 3.05) is 25.1 Å². The molecule has 0 aromatic carbocycles. The molecule has 1 fully saturated rings. The van der Waals surface area contributed by atoms with Gasteiger partial charge in [-0.3, -0.25) is 0 Å². The molecular weight excluding hydrogens is 262 g/mol. The van der Waals surface area contributed by atoms with Crippen molar-refractivity contribution in [3.8, 4) is 0 Å². The van der Waals surface area contributed by atoms with Crippen LogP contribution in [-0.4, -0.2) is 35.7 Å². The van der Waals surface area contributed by atoms with Gasteiger partial charge in [0.2, 0.25) is 0 Å². The van der Waals surface area contributed by atoms with Crippen molar-refractivity contribution in [2.45, 2.75) is 24.8 Å². The topological polar surface area (TPSA) is 29.8 Å². The molecule has 1 saturated heterocycles. The van der Waals surface area contributed by atoms with Gasteiger partial charge in [0.05, 0.1) is 17.7 Å². The van der Waals surface area contributed by atoms with E-state index < -0.39 is 0 Å². The van der Waals surface area contributed by atoms with Crippen LogP contribution in [0.15, 0.2) is 24.4 Å². The highest BCUT2D eigenvalue weighted by Gasteiger charge is 2.21. The predicted molar refractivity (Wildman–Crippen MR) is 77.0 cm³/mol. The largest absolute Gasteiger partial charge is 0.376 e. The smallest absolute Gasteiger partial charge is 0.152 e. The molecule has 0 amide bonds. The Morgan fingerprint density at radius 3 is 3.16 bits per heavy atom. The van der Waals surface area contributed by atoms with Gasteiger partial charge < -0.3 is 14.0 Å². The van der Waals surface area contributed by atoms with Crippen molar-refractivity contribution in [3.63, 3.8) is 0 Å². The third-order valence-electron chi connectivity index (χ3n) is 3.60. The van der Waals surface area contributed by atoms with E-state index in [4.69, 9.17) is 16.3 Å². The molecule has 0 saturated carbocycles. The van der Waals surface area contributed by atoms with Gasteiger partial charge in [-0.05, 0) is 25.0 Å². The molecule has 0 bridgehead atoms. The summed E-state index contributed by atoms with van der Waals surface area (Å²) >= 11 is 6.09. The number of ether oxygens (including phenoxy) is 1. The number of fused-ring (bicyclic) bond motifs is 1. The van der Waals surface area contributed by atoms with Crippen LogP contribution < -0.4 is 4.90 Å². The molecule has 0 aliphatic carbocycles. The lowest BCUT2D eigenvalue weighted by molar-refractivity contribution is 0.116. The lowest BCUT2D eigenvalue weighted by Crippen LogP contribution is -2.29. The second-order valence-corrected chi connectivity index (χ2v) is 5.23. The fraction of sp³-hybridized carbons (Fsp3) is 0.500. The lowest BCUT2D eigenvalue weighted by atomic mass is 10.2. The molecule has 2 aromatic rings. The van der Waals surface area contributed by atoms with Crippen molar-refractivity contribution in [3.05, 3.63) is 30.1 Å². The highest BCUT2D eigenvalue weighted by Crippen LogP contribution is 2.24. The van der Waals surface area contributed by atoms with E-state index in [0.717, 1.165) is 43.2 Å². The monoisotopic (exact) mass is 279 g/mol. The van der Waals surface area contributed by atoms with Gasteiger partial charge in [-0.2, -0.15) is 0 Å². The second kappa shape index (κ2) is 5.39. The SMILES string of the molecule is CN(CC1CCCO1)c1nc2ccccn2c1CCl. The average Bonchev–Trinajstić information content (AvgIpc) is 3.04. The fourth-order valence-corrected chi connectivity index (χ4v) is 2.89. The number of anilines is 1.